The Bertz CT molecular complexity index is 1430. The number of nitrogens with zero attached hydrogens (tertiary/aromatic N) is 3. The number of aromatic carboxylic acids is 1. The Hall–Kier alpha value is -3.39. The topological polar surface area (TPSA) is 75.0 Å². The summed E-state index contributed by atoms with van der Waals surface area (Å²) < 4.78 is 23.3. The molecule has 0 unspecified atom stereocenters. The van der Waals surface area contributed by atoms with Crippen molar-refractivity contribution < 1.29 is 23.8 Å². The molecule has 2 aromatic carbocycles. The van der Waals surface area contributed by atoms with Crippen LogP contribution < -0.4 is 4.74 Å². The number of benzene rings is 2. The normalized spacial score (nSPS) is 23.7. The van der Waals surface area contributed by atoms with E-state index in [9.17, 15) is 14.7 Å². The van der Waals surface area contributed by atoms with Crippen LogP contribution >= 0.6 is 0 Å². The largest absolute Gasteiger partial charge is 0.497 e. The minimum absolute atomic E-state index is 0.117. The number of aromatic nitrogens is 1. The lowest BCUT2D eigenvalue weighted by Gasteiger charge is -2.33. The van der Waals surface area contributed by atoms with E-state index in [0.29, 0.717) is 31.8 Å². The first-order valence-electron chi connectivity index (χ1n) is 14.1. The summed E-state index contributed by atoms with van der Waals surface area (Å²) in [6.07, 6.45) is 4.06. The van der Waals surface area contributed by atoms with Crippen LogP contribution in [0.5, 0.6) is 5.75 Å². The first-order valence-corrected chi connectivity index (χ1v) is 14.1. The molecular weight excluding hydrogens is 497 g/mol. The van der Waals surface area contributed by atoms with Gasteiger partial charge in [-0.2, -0.15) is 0 Å². The molecule has 206 valence electrons. The van der Waals surface area contributed by atoms with Crippen LogP contribution in [0.2, 0.25) is 0 Å². The molecule has 0 bridgehead atoms. The molecule has 2 fully saturated rings. The molecule has 1 aliphatic carbocycles. The van der Waals surface area contributed by atoms with Crippen molar-refractivity contribution >= 4 is 22.8 Å². The number of halogens is 1. The fourth-order valence-corrected chi connectivity index (χ4v) is 7.00. The Kier molecular flexibility index (Phi) is 6.83. The van der Waals surface area contributed by atoms with Gasteiger partial charge in [0.05, 0.1) is 24.4 Å². The number of carbonyl (C=O) groups excluding carboxylic acids is 1. The summed E-state index contributed by atoms with van der Waals surface area (Å²) in [7, 11) is 3.64. The monoisotopic (exact) mass is 533 g/mol. The fraction of sp³-hybridized carbons (Fsp3) is 0.484. The molecule has 0 spiro atoms. The molecular formula is C31H36FN3O4. The van der Waals surface area contributed by atoms with Gasteiger partial charge in [-0.15, -0.1) is 0 Å². The fourth-order valence-electron chi connectivity index (χ4n) is 7.00. The van der Waals surface area contributed by atoms with E-state index in [4.69, 9.17) is 4.74 Å². The molecule has 1 amide bonds. The van der Waals surface area contributed by atoms with Crippen molar-refractivity contribution in [1.82, 2.24) is 14.4 Å². The molecule has 39 heavy (non-hydrogen) atoms. The van der Waals surface area contributed by atoms with Crippen LogP contribution in [0.25, 0.3) is 22.2 Å². The molecule has 8 heteroatoms. The summed E-state index contributed by atoms with van der Waals surface area (Å²) in [4.78, 5) is 29.8. The van der Waals surface area contributed by atoms with Crippen molar-refractivity contribution in [3.05, 3.63) is 53.1 Å². The number of fused-ring (bicyclic) bond motifs is 5. The molecule has 2 aliphatic heterocycles. The molecule has 1 aromatic heterocycles. The number of likely N-dealkylation sites (N-methyl/N-ethyl adjacent to an activating group) is 1. The lowest BCUT2D eigenvalue weighted by molar-refractivity contribution is -0.136. The van der Waals surface area contributed by atoms with Crippen LogP contribution in [0.1, 0.15) is 65.9 Å². The highest BCUT2D eigenvalue weighted by atomic mass is 19.1. The van der Waals surface area contributed by atoms with Crippen LogP contribution in [0.15, 0.2) is 36.4 Å². The Morgan fingerprint density at radius 2 is 1.82 bits per heavy atom. The second-order valence-electron chi connectivity index (χ2n) is 11.3. The second kappa shape index (κ2) is 10.3. The van der Waals surface area contributed by atoms with Gasteiger partial charge in [0, 0.05) is 42.0 Å². The molecule has 3 aliphatic rings. The van der Waals surface area contributed by atoms with Gasteiger partial charge >= 0.3 is 5.97 Å². The molecule has 1 saturated carbocycles. The van der Waals surface area contributed by atoms with Gasteiger partial charge in [0.2, 0.25) is 5.91 Å². The third-order valence-electron chi connectivity index (χ3n) is 9.04. The highest BCUT2D eigenvalue weighted by molar-refractivity contribution is 5.98. The van der Waals surface area contributed by atoms with Crippen molar-refractivity contribution in [2.45, 2.75) is 69.7 Å². The van der Waals surface area contributed by atoms with Gasteiger partial charge in [-0.3, -0.25) is 9.69 Å². The van der Waals surface area contributed by atoms with Crippen molar-refractivity contribution in [2.75, 3.05) is 27.2 Å². The third-order valence-corrected chi connectivity index (χ3v) is 9.04. The van der Waals surface area contributed by atoms with E-state index in [1.54, 1.807) is 19.2 Å². The second-order valence-corrected chi connectivity index (χ2v) is 11.3. The minimum Gasteiger partial charge on any atom is -0.497 e. The predicted octanol–water partition coefficient (Wildman–Crippen LogP) is 5.45. The molecule has 3 heterocycles. The first kappa shape index (κ1) is 25.9. The molecule has 3 aromatic rings. The molecule has 6 rings (SSSR count). The molecule has 1 N–H and O–H groups in total. The van der Waals surface area contributed by atoms with Gasteiger partial charge in [0.1, 0.15) is 11.9 Å². The lowest BCUT2D eigenvalue weighted by Crippen LogP contribution is -2.45. The van der Waals surface area contributed by atoms with Crippen molar-refractivity contribution in [3.63, 3.8) is 0 Å². The number of likely N-dealkylation sites (tertiary alicyclic amines) is 1. The summed E-state index contributed by atoms with van der Waals surface area (Å²) in [5.41, 5.74) is 4.81. The van der Waals surface area contributed by atoms with Gasteiger partial charge in [-0.1, -0.05) is 18.9 Å². The SMILES string of the molecule is COc1ccc2c(c1)CN(C(=O)[C@@H]1CCCN1C)CCn1c-2c([C@H]2CCCC[C@@H]2F)c2ccc(C(=O)O)cc21. The summed E-state index contributed by atoms with van der Waals surface area (Å²) in [6, 6.07) is 11.0. The van der Waals surface area contributed by atoms with Crippen molar-refractivity contribution in [1.29, 1.82) is 0 Å². The summed E-state index contributed by atoms with van der Waals surface area (Å²) in [5.74, 6) is -0.427. The maximum absolute atomic E-state index is 15.6. The Balaban J connectivity index is 1.57. The Morgan fingerprint density at radius 1 is 1.00 bits per heavy atom. The number of hydrogen-bond acceptors (Lipinski definition) is 4. The zero-order chi connectivity index (χ0) is 27.3. The number of carboxylic acids is 1. The predicted molar refractivity (Wildman–Crippen MR) is 148 cm³/mol. The third kappa shape index (κ3) is 4.48. The summed E-state index contributed by atoms with van der Waals surface area (Å²) in [5, 5.41) is 10.7. The molecule has 0 radical (unpaired) electrons. The number of amides is 1. The molecule has 1 saturated heterocycles. The number of rotatable bonds is 4. The van der Waals surface area contributed by atoms with Crippen LogP contribution in [0, 0.1) is 0 Å². The number of carbonyl (C=O) groups is 2. The maximum atomic E-state index is 15.6. The smallest absolute Gasteiger partial charge is 0.335 e. The Morgan fingerprint density at radius 3 is 2.54 bits per heavy atom. The van der Waals surface area contributed by atoms with Crippen molar-refractivity contribution in [3.8, 4) is 17.0 Å². The van der Waals surface area contributed by atoms with E-state index in [0.717, 1.165) is 71.9 Å². The zero-order valence-electron chi connectivity index (χ0n) is 22.7. The Labute approximate surface area is 228 Å². The van der Waals surface area contributed by atoms with Gasteiger partial charge in [-0.25, -0.2) is 9.18 Å². The van der Waals surface area contributed by atoms with Gasteiger partial charge in [0.15, 0.2) is 0 Å². The summed E-state index contributed by atoms with van der Waals surface area (Å²) in [6.45, 7) is 2.35. The van der Waals surface area contributed by atoms with Crippen LogP contribution in [-0.2, 0) is 17.9 Å². The van der Waals surface area contributed by atoms with Gasteiger partial charge in [0.25, 0.3) is 0 Å². The first-order chi connectivity index (χ1) is 18.9. The number of methoxy groups -OCH3 is 1. The van der Waals surface area contributed by atoms with E-state index in [2.05, 4.69) is 9.47 Å². The molecule has 3 atom stereocenters. The summed E-state index contributed by atoms with van der Waals surface area (Å²) >= 11 is 0. The number of alkyl halides is 1. The van der Waals surface area contributed by atoms with E-state index in [-0.39, 0.29) is 23.4 Å². The van der Waals surface area contributed by atoms with E-state index in [1.165, 1.54) is 0 Å². The highest BCUT2D eigenvalue weighted by Gasteiger charge is 2.36. The van der Waals surface area contributed by atoms with Crippen LogP contribution in [0.4, 0.5) is 4.39 Å². The minimum atomic E-state index is -0.993. The number of carboxylic acid groups (broad SMARTS) is 1. The van der Waals surface area contributed by atoms with Crippen molar-refractivity contribution in [2.24, 2.45) is 0 Å². The molecule has 7 nitrogen and oxygen atoms in total. The van der Waals surface area contributed by atoms with Gasteiger partial charge in [-0.05, 0) is 80.7 Å². The van der Waals surface area contributed by atoms with Gasteiger partial charge < -0.3 is 19.3 Å². The number of ether oxygens (including phenoxy) is 1. The van der Waals surface area contributed by atoms with E-state index >= 15 is 4.39 Å². The van der Waals surface area contributed by atoms with Crippen LogP contribution in [-0.4, -0.2) is 70.8 Å². The standard InChI is InChI=1S/C31H36FN3O4/c1-33-13-5-8-26(33)30(36)34-14-15-35-27-17-19(31(37)38)9-11-24(27)28(23-6-3-4-7-25(23)32)29(35)22-12-10-21(39-2)16-20(22)18-34/h9-12,16-17,23,25-26H,3-8,13-15,18H2,1-2H3,(H,37,38)/t23-,25-,26-/m0/s1. The van der Waals surface area contributed by atoms with E-state index in [1.807, 2.05) is 36.2 Å². The quantitative estimate of drug-likeness (QED) is 0.483. The highest BCUT2D eigenvalue weighted by Crippen LogP contribution is 2.47. The zero-order valence-corrected chi connectivity index (χ0v) is 22.7. The van der Waals surface area contributed by atoms with E-state index < -0.39 is 12.1 Å². The number of hydrogen-bond donors (Lipinski definition) is 1. The average molecular weight is 534 g/mol. The average Bonchev–Trinajstić information content (AvgIpc) is 3.49. The van der Waals surface area contributed by atoms with Crippen LogP contribution in [0.3, 0.4) is 0 Å². The maximum Gasteiger partial charge on any atom is 0.335 e. The lowest BCUT2D eigenvalue weighted by atomic mass is 9.80.